The molecule has 0 spiro atoms. The Labute approximate surface area is 366 Å². The molecule has 0 saturated heterocycles. The van der Waals surface area contributed by atoms with Crippen LogP contribution in [0.2, 0.25) is 0 Å². The van der Waals surface area contributed by atoms with Gasteiger partial charge in [-0.3, -0.25) is 9.59 Å². The Morgan fingerprint density at radius 2 is 0.746 bits per heavy atom. The summed E-state index contributed by atoms with van der Waals surface area (Å²) in [6, 6.07) is 0. The van der Waals surface area contributed by atoms with E-state index in [1.54, 1.807) is 5.57 Å². The summed E-state index contributed by atoms with van der Waals surface area (Å²) in [4.78, 5) is 33.1. The van der Waals surface area contributed by atoms with Crippen LogP contribution in [0.1, 0.15) is 290 Å². The molecule has 0 rings (SSSR count). The first-order chi connectivity index (χ1) is 28.8. The molecule has 0 saturated carbocycles. The summed E-state index contributed by atoms with van der Waals surface area (Å²) >= 11 is 0. The van der Waals surface area contributed by atoms with E-state index in [2.05, 4.69) is 26.8 Å². The van der Waals surface area contributed by atoms with Gasteiger partial charge < -0.3 is 20.1 Å². The minimum absolute atomic E-state index is 0.183. The van der Waals surface area contributed by atoms with Crippen molar-refractivity contribution in [2.45, 2.75) is 290 Å². The van der Waals surface area contributed by atoms with Crippen molar-refractivity contribution in [2.75, 3.05) is 0 Å². The Hall–Kier alpha value is -1.85. The Morgan fingerprint density at radius 3 is 1.17 bits per heavy atom. The van der Waals surface area contributed by atoms with Gasteiger partial charge in [-0.1, -0.05) is 225 Å². The highest BCUT2D eigenvalue weighted by Gasteiger charge is 2.31. The largest absolute Gasteiger partial charge is 0.550 e. The lowest BCUT2D eigenvalue weighted by atomic mass is 9.68. The molecule has 0 radical (unpaired) electrons. The number of hydrogen-bond acceptors (Lipinski definition) is 4. The highest BCUT2D eigenvalue weighted by molar-refractivity contribution is 5.66. The van der Waals surface area contributed by atoms with Gasteiger partial charge in [-0.15, -0.1) is 0 Å². The minimum atomic E-state index is -0.924. The first kappa shape index (κ1) is 57.1. The zero-order valence-corrected chi connectivity index (χ0v) is 39.5. The van der Waals surface area contributed by atoms with Crippen LogP contribution in [0.25, 0.3) is 0 Å². The molecule has 0 heterocycles. The number of rotatable bonds is 48. The van der Waals surface area contributed by atoms with Crippen LogP contribution >= 0.6 is 0 Å². The summed E-state index contributed by atoms with van der Waals surface area (Å²) in [5.74, 6) is -0.210. The van der Waals surface area contributed by atoms with Gasteiger partial charge in [0.25, 0.3) is 0 Å². The molecule has 0 aromatic heterocycles. The van der Waals surface area contributed by atoms with Crippen molar-refractivity contribution in [3.8, 4) is 0 Å². The fourth-order valence-corrected chi connectivity index (χ4v) is 9.52. The SMILES string of the molecule is CCCCCCCC/C(=C/CCCCCCCC(=O)O)C(CCCCCCC)C(CCCCCCCC(=O)O)C(CCCCCCCC)CCCCCCCCC(=O)[O-]. The maximum atomic E-state index is 11.2. The van der Waals surface area contributed by atoms with E-state index in [0.29, 0.717) is 11.8 Å². The number of aliphatic carboxylic acids is 3. The topological polar surface area (TPSA) is 115 Å². The lowest BCUT2D eigenvalue weighted by molar-refractivity contribution is -0.305. The Balaban J connectivity index is 6.45. The highest BCUT2D eigenvalue weighted by Crippen LogP contribution is 2.42. The second kappa shape index (κ2) is 44.2. The van der Waals surface area contributed by atoms with E-state index in [0.717, 1.165) is 70.1 Å². The molecule has 3 atom stereocenters. The zero-order valence-electron chi connectivity index (χ0n) is 39.5. The van der Waals surface area contributed by atoms with Gasteiger partial charge in [0.05, 0.1) is 0 Å². The van der Waals surface area contributed by atoms with Gasteiger partial charge in [0.1, 0.15) is 0 Å². The van der Waals surface area contributed by atoms with E-state index >= 15 is 0 Å². The summed E-state index contributed by atoms with van der Waals surface area (Å²) in [5.41, 5.74) is 1.77. The van der Waals surface area contributed by atoms with Crippen LogP contribution in [-0.4, -0.2) is 28.1 Å². The average Bonchev–Trinajstić information content (AvgIpc) is 3.20. The summed E-state index contributed by atoms with van der Waals surface area (Å²) in [6.07, 6.45) is 50.9. The summed E-state index contributed by atoms with van der Waals surface area (Å²) < 4.78 is 0. The maximum absolute atomic E-state index is 11.2. The first-order valence-corrected chi connectivity index (χ1v) is 26.1. The van der Waals surface area contributed by atoms with Crippen LogP contribution in [0.5, 0.6) is 0 Å². The Morgan fingerprint density at radius 1 is 0.407 bits per heavy atom. The third-order valence-electron chi connectivity index (χ3n) is 13.1. The van der Waals surface area contributed by atoms with Gasteiger partial charge >= 0.3 is 11.9 Å². The minimum Gasteiger partial charge on any atom is -0.550 e. The van der Waals surface area contributed by atoms with E-state index < -0.39 is 17.9 Å². The molecule has 0 aromatic carbocycles. The van der Waals surface area contributed by atoms with Gasteiger partial charge in [-0.2, -0.15) is 0 Å². The monoisotopic (exact) mass is 832 g/mol. The molecule has 0 aliphatic rings. The lowest BCUT2D eigenvalue weighted by Gasteiger charge is -2.37. The van der Waals surface area contributed by atoms with E-state index in [9.17, 15) is 24.6 Å². The Kier molecular flexibility index (Phi) is 42.8. The quantitative estimate of drug-likeness (QED) is 0.0466. The predicted molar refractivity (Wildman–Crippen MR) is 250 cm³/mol. The van der Waals surface area contributed by atoms with E-state index in [1.165, 1.54) is 186 Å². The third-order valence-corrected chi connectivity index (χ3v) is 13.1. The number of carboxylic acid groups (broad SMARTS) is 3. The van der Waals surface area contributed by atoms with Crippen molar-refractivity contribution >= 4 is 17.9 Å². The van der Waals surface area contributed by atoms with Crippen molar-refractivity contribution < 1.29 is 29.7 Å². The number of carbonyl (C=O) groups is 3. The number of unbranched alkanes of at least 4 members (excludes halogenated alkanes) is 28. The molecular weight excluding hydrogens is 733 g/mol. The molecule has 0 bridgehead atoms. The average molecular weight is 832 g/mol. The normalized spacial score (nSPS) is 13.4. The fraction of sp³-hybridized carbons (Fsp3) is 0.906. The molecule has 2 N–H and O–H groups in total. The Bertz CT molecular complexity index is 975. The summed E-state index contributed by atoms with van der Waals surface area (Å²) in [6.45, 7) is 6.92. The van der Waals surface area contributed by atoms with E-state index in [-0.39, 0.29) is 19.3 Å². The van der Waals surface area contributed by atoms with Crippen molar-refractivity contribution in [2.24, 2.45) is 17.8 Å². The number of allylic oxidation sites excluding steroid dienone is 2. The van der Waals surface area contributed by atoms with E-state index in [1.807, 2.05) is 0 Å². The molecule has 348 valence electrons. The smallest absolute Gasteiger partial charge is 0.303 e. The molecule has 0 aromatic rings. The molecule has 3 unspecified atom stereocenters. The van der Waals surface area contributed by atoms with Crippen LogP contribution < -0.4 is 5.11 Å². The second-order valence-corrected chi connectivity index (χ2v) is 18.5. The van der Waals surface area contributed by atoms with Gasteiger partial charge in [-0.25, -0.2) is 0 Å². The van der Waals surface area contributed by atoms with Crippen LogP contribution in [0, 0.1) is 17.8 Å². The summed E-state index contributed by atoms with van der Waals surface area (Å²) in [7, 11) is 0. The third kappa shape index (κ3) is 38.8. The van der Waals surface area contributed by atoms with Crippen molar-refractivity contribution in [1.29, 1.82) is 0 Å². The maximum Gasteiger partial charge on any atom is 0.303 e. The predicted octanol–water partition coefficient (Wildman–Crippen LogP) is 16.1. The lowest BCUT2D eigenvalue weighted by Crippen LogP contribution is -2.26. The van der Waals surface area contributed by atoms with Crippen LogP contribution in [-0.2, 0) is 14.4 Å². The molecule has 0 aliphatic carbocycles. The van der Waals surface area contributed by atoms with Gasteiger partial charge in [-0.05, 0) is 82.0 Å². The molecule has 0 aliphatic heterocycles. The van der Waals surface area contributed by atoms with Crippen molar-refractivity contribution in [3.63, 3.8) is 0 Å². The fourth-order valence-electron chi connectivity index (χ4n) is 9.52. The number of carboxylic acids is 3. The van der Waals surface area contributed by atoms with Gasteiger partial charge in [0, 0.05) is 18.8 Å². The first-order valence-electron chi connectivity index (χ1n) is 26.1. The molecular formula is C53H99O6-. The van der Waals surface area contributed by atoms with E-state index in [4.69, 9.17) is 5.11 Å². The molecule has 0 fully saturated rings. The highest BCUT2D eigenvalue weighted by atomic mass is 16.4. The van der Waals surface area contributed by atoms with Crippen molar-refractivity contribution in [1.82, 2.24) is 0 Å². The van der Waals surface area contributed by atoms with Gasteiger partial charge in [0.15, 0.2) is 0 Å². The second-order valence-electron chi connectivity index (χ2n) is 18.5. The molecule has 6 nitrogen and oxygen atoms in total. The molecule has 6 heteroatoms. The van der Waals surface area contributed by atoms with Crippen LogP contribution in [0.4, 0.5) is 0 Å². The standard InChI is InChI=1S/C53H100O6/c1-4-7-10-13-21-29-38-47(40-31-23-15-17-26-35-44-51(54)55)49(42-33-20-12-9-6-3)50(43-34-25-19-28-37-46-53(58)59)48(39-30-22-14-11-8-5-2)41-32-24-16-18-27-36-45-52(56)57/h40,48-50H,4-39,41-46H2,1-3H3,(H,54,55)(H,56,57)(H,58,59)/p-1/b47-40-. The molecule has 0 amide bonds. The molecule has 59 heavy (non-hydrogen) atoms. The van der Waals surface area contributed by atoms with Crippen LogP contribution in [0.15, 0.2) is 11.6 Å². The number of hydrogen-bond donors (Lipinski definition) is 2. The van der Waals surface area contributed by atoms with Crippen LogP contribution in [0.3, 0.4) is 0 Å². The van der Waals surface area contributed by atoms with Gasteiger partial charge in [0.2, 0.25) is 0 Å². The zero-order chi connectivity index (χ0) is 43.4. The summed E-state index contributed by atoms with van der Waals surface area (Å²) in [5, 5.41) is 29.2. The van der Waals surface area contributed by atoms with Crippen molar-refractivity contribution in [3.05, 3.63) is 11.6 Å². The number of carbonyl (C=O) groups excluding carboxylic acids is 1.